The van der Waals surface area contributed by atoms with Crippen LogP contribution in [0.3, 0.4) is 0 Å². The summed E-state index contributed by atoms with van der Waals surface area (Å²) < 4.78 is 43.3. The summed E-state index contributed by atoms with van der Waals surface area (Å²) in [5.74, 6) is -0.730. The van der Waals surface area contributed by atoms with E-state index < -0.39 is 29.4 Å². The van der Waals surface area contributed by atoms with Crippen molar-refractivity contribution in [2.24, 2.45) is 0 Å². The van der Waals surface area contributed by atoms with E-state index in [0.717, 1.165) is 25.1 Å². The Bertz CT molecular complexity index is 721. The number of H-pyrrole nitrogens is 1. The fourth-order valence-electron chi connectivity index (χ4n) is 1.78. The molecule has 1 aromatic carbocycles. The van der Waals surface area contributed by atoms with E-state index in [-0.39, 0.29) is 11.4 Å². The molecule has 0 amide bonds. The first kappa shape index (κ1) is 15.4. The molecule has 1 aromatic heterocycles. The number of nitrogens with zero attached hydrogens (tertiary/aromatic N) is 4. The highest BCUT2D eigenvalue weighted by molar-refractivity contribution is 5.66. The molecule has 2 aromatic rings. The fraction of sp³-hybridized carbons (Fsp3) is 0.250. The molecule has 0 bridgehead atoms. The normalized spacial score (nSPS) is 12.5. The second-order valence-corrected chi connectivity index (χ2v) is 4.17. The maximum absolute atomic E-state index is 12.8. The van der Waals surface area contributed by atoms with Crippen LogP contribution in [0.5, 0.6) is 0 Å². The lowest BCUT2D eigenvalue weighted by Gasteiger charge is -2.16. The van der Waals surface area contributed by atoms with Crippen LogP contribution >= 0.6 is 0 Å². The maximum Gasteiger partial charge on any atom is 0.417 e. The van der Waals surface area contributed by atoms with Gasteiger partial charge in [0.25, 0.3) is 0 Å². The molecule has 22 heavy (non-hydrogen) atoms. The molecule has 114 valence electrons. The zero-order valence-corrected chi connectivity index (χ0v) is 11.0. The summed E-state index contributed by atoms with van der Waals surface area (Å²) >= 11 is 0. The molecular formula is C12H8F3N5O2. The predicted molar refractivity (Wildman–Crippen MR) is 63.9 cm³/mol. The third kappa shape index (κ3) is 3.20. The van der Waals surface area contributed by atoms with Gasteiger partial charge in [-0.05, 0) is 12.1 Å². The van der Waals surface area contributed by atoms with Crippen molar-refractivity contribution in [3.05, 3.63) is 40.7 Å². The first-order valence-electron chi connectivity index (χ1n) is 5.84. The van der Waals surface area contributed by atoms with Gasteiger partial charge >= 0.3 is 12.1 Å². The molecule has 0 spiro atoms. The van der Waals surface area contributed by atoms with Gasteiger partial charge in [0.05, 0.1) is 17.2 Å². The molecule has 0 aliphatic heterocycles. The number of rotatable bonds is 3. The SMILES string of the molecule is CC(=O)OC(c1ccc(C(F)(F)F)c(C#N)c1)c1nn[nH]n1. The number of nitriles is 1. The minimum absolute atomic E-state index is 0.0427. The van der Waals surface area contributed by atoms with Crippen LogP contribution in [0.15, 0.2) is 18.2 Å². The van der Waals surface area contributed by atoms with Crippen LogP contribution in [-0.2, 0) is 15.7 Å². The number of aromatic nitrogens is 4. The summed E-state index contributed by atoms with van der Waals surface area (Å²) in [6.45, 7) is 1.13. The van der Waals surface area contributed by atoms with Crippen molar-refractivity contribution in [1.82, 2.24) is 20.6 Å². The van der Waals surface area contributed by atoms with E-state index in [1.54, 1.807) is 0 Å². The lowest BCUT2D eigenvalue weighted by Crippen LogP contribution is -2.14. The summed E-state index contributed by atoms with van der Waals surface area (Å²) in [6, 6.07) is 4.28. The number of ether oxygens (including phenoxy) is 1. The zero-order valence-electron chi connectivity index (χ0n) is 11.0. The van der Waals surface area contributed by atoms with Crippen LogP contribution in [0.25, 0.3) is 0 Å². The van der Waals surface area contributed by atoms with Gasteiger partial charge in [0.2, 0.25) is 5.82 Å². The lowest BCUT2D eigenvalue weighted by atomic mass is 10.0. The number of esters is 1. The maximum atomic E-state index is 12.8. The Kier molecular flexibility index (Phi) is 4.07. The Morgan fingerprint density at radius 3 is 2.68 bits per heavy atom. The Labute approximate surface area is 121 Å². The van der Waals surface area contributed by atoms with Gasteiger partial charge in [0.15, 0.2) is 6.10 Å². The Balaban J connectivity index is 2.50. The van der Waals surface area contributed by atoms with Crippen molar-refractivity contribution in [3.63, 3.8) is 0 Å². The van der Waals surface area contributed by atoms with E-state index >= 15 is 0 Å². The molecule has 0 saturated carbocycles. The first-order chi connectivity index (χ1) is 10.3. The quantitative estimate of drug-likeness (QED) is 0.866. The standard InChI is InChI=1S/C12H8F3N5O2/c1-6(21)22-10(11-17-19-20-18-11)7-2-3-9(12(13,14)15)8(4-7)5-16/h2-4,10H,1H3,(H,17,18,19,20). The van der Waals surface area contributed by atoms with Gasteiger partial charge in [0, 0.05) is 12.5 Å². The second-order valence-electron chi connectivity index (χ2n) is 4.17. The third-order valence-electron chi connectivity index (χ3n) is 2.65. The molecule has 0 aliphatic carbocycles. The summed E-state index contributed by atoms with van der Waals surface area (Å²) in [5.41, 5.74) is -1.54. The van der Waals surface area contributed by atoms with Crippen LogP contribution in [-0.4, -0.2) is 26.6 Å². The minimum Gasteiger partial charge on any atom is -0.449 e. The Morgan fingerprint density at radius 2 is 2.18 bits per heavy atom. The topological polar surface area (TPSA) is 105 Å². The molecule has 10 heteroatoms. The number of carbonyl (C=O) groups excluding carboxylic acids is 1. The van der Waals surface area contributed by atoms with Gasteiger partial charge in [-0.1, -0.05) is 11.3 Å². The van der Waals surface area contributed by atoms with Gasteiger partial charge in [-0.3, -0.25) is 4.79 Å². The number of hydrogen-bond donors (Lipinski definition) is 1. The van der Waals surface area contributed by atoms with E-state index in [2.05, 4.69) is 20.6 Å². The highest BCUT2D eigenvalue weighted by Gasteiger charge is 2.34. The van der Waals surface area contributed by atoms with Gasteiger partial charge in [-0.15, -0.1) is 10.2 Å². The molecule has 0 fully saturated rings. The summed E-state index contributed by atoms with van der Waals surface area (Å²) in [5, 5.41) is 21.6. The number of aromatic amines is 1. The van der Waals surface area contributed by atoms with Crippen LogP contribution in [0.4, 0.5) is 13.2 Å². The van der Waals surface area contributed by atoms with Crippen molar-refractivity contribution in [2.45, 2.75) is 19.2 Å². The monoisotopic (exact) mass is 311 g/mol. The largest absolute Gasteiger partial charge is 0.449 e. The number of halogens is 3. The highest BCUT2D eigenvalue weighted by atomic mass is 19.4. The summed E-state index contributed by atoms with van der Waals surface area (Å²) in [6.07, 6.45) is -5.82. The van der Waals surface area contributed by atoms with Crippen LogP contribution < -0.4 is 0 Å². The zero-order chi connectivity index (χ0) is 16.3. The smallest absolute Gasteiger partial charge is 0.417 e. The molecule has 0 aliphatic rings. The third-order valence-corrected chi connectivity index (χ3v) is 2.65. The summed E-state index contributed by atoms with van der Waals surface area (Å²) in [7, 11) is 0. The van der Waals surface area contributed by atoms with E-state index in [1.807, 2.05) is 0 Å². The number of hydrogen-bond acceptors (Lipinski definition) is 6. The van der Waals surface area contributed by atoms with E-state index in [0.29, 0.717) is 0 Å². The average Bonchev–Trinajstić information content (AvgIpc) is 2.96. The number of alkyl halides is 3. The Hall–Kier alpha value is -2.96. The summed E-state index contributed by atoms with van der Waals surface area (Å²) in [4.78, 5) is 11.1. The molecule has 1 atom stereocenters. The van der Waals surface area contributed by atoms with Crippen molar-refractivity contribution < 1.29 is 22.7 Å². The molecule has 1 heterocycles. The van der Waals surface area contributed by atoms with Crippen LogP contribution in [0.2, 0.25) is 0 Å². The minimum atomic E-state index is -4.66. The van der Waals surface area contributed by atoms with Crippen molar-refractivity contribution in [1.29, 1.82) is 5.26 Å². The molecule has 7 nitrogen and oxygen atoms in total. The first-order valence-corrected chi connectivity index (χ1v) is 5.84. The number of benzene rings is 1. The number of nitrogens with one attached hydrogen (secondary N) is 1. The van der Waals surface area contributed by atoms with Gasteiger partial charge in [-0.25, -0.2) is 0 Å². The van der Waals surface area contributed by atoms with Crippen LogP contribution in [0.1, 0.15) is 35.5 Å². The van der Waals surface area contributed by atoms with E-state index in [1.165, 1.54) is 6.07 Å². The van der Waals surface area contributed by atoms with Gasteiger partial charge < -0.3 is 4.74 Å². The fourth-order valence-corrected chi connectivity index (χ4v) is 1.78. The predicted octanol–water partition coefficient (Wildman–Crippen LogP) is 1.74. The highest BCUT2D eigenvalue weighted by Crippen LogP contribution is 2.34. The van der Waals surface area contributed by atoms with Gasteiger partial charge in [0.1, 0.15) is 0 Å². The van der Waals surface area contributed by atoms with E-state index in [4.69, 9.17) is 10.00 Å². The number of carbonyl (C=O) groups is 1. The van der Waals surface area contributed by atoms with Gasteiger partial charge in [-0.2, -0.15) is 23.6 Å². The molecule has 0 radical (unpaired) electrons. The lowest BCUT2D eigenvalue weighted by molar-refractivity contribution is -0.145. The van der Waals surface area contributed by atoms with Crippen molar-refractivity contribution in [3.8, 4) is 6.07 Å². The van der Waals surface area contributed by atoms with Crippen molar-refractivity contribution in [2.75, 3.05) is 0 Å². The molecule has 2 rings (SSSR count). The molecular weight excluding hydrogens is 303 g/mol. The molecule has 1 N–H and O–H groups in total. The number of tetrazole rings is 1. The average molecular weight is 311 g/mol. The Morgan fingerprint density at radius 1 is 1.45 bits per heavy atom. The van der Waals surface area contributed by atoms with Crippen LogP contribution in [0, 0.1) is 11.3 Å². The van der Waals surface area contributed by atoms with Crippen molar-refractivity contribution >= 4 is 5.97 Å². The molecule has 0 saturated heterocycles. The molecule has 1 unspecified atom stereocenters. The van der Waals surface area contributed by atoms with E-state index in [9.17, 15) is 18.0 Å². The second kappa shape index (κ2) is 5.80.